The van der Waals surface area contributed by atoms with Crippen LogP contribution in [0.1, 0.15) is 6.92 Å². The molecular weight excluding hydrogens is 359 g/mol. The van der Waals surface area contributed by atoms with Crippen LogP contribution in [0.5, 0.6) is 0 Å². The number of nitrogens with zero attached hydrogens (tertiary/aromatic N) is 1. The largest absolute Gasteiger partial charge is 0.312 e. The lowest BCUT2D eigenvalue weighted by molar-refractivity contribution is 0.310. The Hall–Kier alpha value is -0.210. The summed E-state index contributed by atoms with van der Waals surface area (Å²) >= 11 is 3.01. The van der Waals surface area contributed by atoms with Gasteiger partial charge in [0.2, 0.25) is 10.0 Å². The SMILES string of the molecule is CC1CN(S(=O)(=O)c2ccc(Br)c(F)c2)CCN1.Cl. The van der Waals surface area contributed by atoms with E-state index in [2.05, 4.69) is 21.2 Å². The number of benzene rings is 1. The molecule has 1 aromatic carbocycles. The van der Waals surface area contributed by atoms with Crippen molar-refractivity contribution in [1.29, 1.82) is 0 Å². The van der Waals surface area contributed by atoms with Gasteiger partial charge in [0.05, 0.1) is 9.37 Å². The molecule has 0 saturated carbocycles. The Morgan fingerprint density at radius 3 is 2.74 bits per heavy atom. The molecule has 1 heterocycles. The Kier molecular flexibility index (Phi) is 5.76. The van der Waals surface area contributed by atoms with E-state index in [9.17, 15) is 12.8 Å². The standard InChI is InChI=1S/C11H14BrFN2O2S.ClH/c1-8-7-15(5-4-14-8)18(16,17)9-2-3-10(12)11(13)6-9;/h2-3,6,8,14H,4-5,7H2,1H3;1H. The molecule has 8 heteroatoms. The average molecular weight is 374 g/mol. The van der Waals surface area contributed by atoms with Crippen molar-refractivity contribution in [1.82, 2.24) is 9.62 Å². The lowest BCUT2D eigenvalue weighted by Crippen LogP contribution is -2.51. The van der Waals surface area contributed by atoms with E-state index < -0.39 is 15.8 Å². The fourth-order valence-corrected chi connectivity index (χ4v) is 3.69. The van der Waals surface area contributed by atoms with E-state index in [-0.39, 0.29) is 27.8 Å². The average Bonchev–Trinajstić information content (AvgIpc) is 2.32. The summed E-state index contributed by atoms with van der Waals surface area (Å²) in [7, 11) is -3.60. The van der Waals surface area contributed by atoms with E-state index in [1.54, 1.807) is 0 Å². The van der Waals surface area contributed by atoms with E-state index in [4.69, 9.17) is 0 Å². The maximum atomic E-state index is 13.4. The lowest BCUT2D eigenvalue weighted by Gasteiger charge is -2.31. The molecule has 1 aromatic rings. The van der Waals surface area contributed by atoms with Crippen LogP contribution in [-0.4, -0.2) is 38.4 Å². The van der Waals surface area contributed by atoms with E-state index >= 15 is 0 Å². The number of hydrogen-bond donors (Lipinski definition) is 1. The number of sulfonamides is 1. The topological polar surface area (TPSA) is 49.4 Å². The minimum atomic E-state index is -3.60. The van der Waals surface area contributed by atoms with Crippen molar-refractivity contribution in [3.8, 4) is 0 Å². The zero-order valence-corrected chi connectivity index (χ0v) is 13.5. The van der Waals surface area contributed by atoms with E-state index in [1.807, 2.05) is 6.92 Å². The van der Waals surface area contributed by atoms with Crippen LogP contribution in [0, 0.1) is 5.82 Å². The van der Waals surface area contributed by atoms with Gasteiger partial charge in [0, 0.05) is 25.7 Å². The summed E-state index contributed by atoms with van der Waals surface area (Å²) in [5, 5.41) is 3.17. The molecular formula is C11H15BrClFN2O2S. The van der Waals surface area contributed by atoms with Crippen molar-refractivity contribution in [2.45, 2.75) is 17.9 Å². The number of halogens is 3. The third-order valence-electron chi connectivity index (χ3n) is 2.86. The van der Waals surface area contributed by atoms with Crippen LogP contribution in [0.4, 0.5) is 4.39 Å². The van der Waals surface area contributed by atoms with E-state index in [0.717, 1.165) is 6.07 Å². The zero-order chi connectivity index (χ0) is 13.3. The smallest absolute Gasteiger partial charge is 0.243 e. The van der Waals surface area contributed by atoms with Crippen molar-refractivity contribution < 1.29 is 12.8 Å². The van der Waals surface area contributed by atoms with Crippen molar-refractivity contribution in [3.05, 3.63) is 28.5 Å². The van der Waals surface area contributed by atoms with Crippen molar-refractivity contribution in [2.75, 3.05) is 19.6 Å². The highest BCUT2D eigenvalue weighted by atomic mass is 79.9. The molecule has 0 radical (unpaired) electrons. The maximum Gasteiger partial charge on any atom is 0.243 e. The second-order valence-corrected chi connectivity index (χ2v) is 7.09. The van der Waals surface area contributed by atoms with Gasteiger partial charge in [0.25, 0.3) is 0 Å². The minimum absolute atomic E-state index is 0. The van der Waals surface area contributed by atoms with Gasteiger partial charge < -0.3 is 5.32 Å². The molecule has 1 aliphatic heterocycles. The monoisotopic (exact) mass is 372 g/mol. The van der Waals surface area contributed by atoms with Crippen LogP contribution in [0.15, 0.2) is 27.6 Å². The predicted octanol–water partition coefficient (Wildman–Crippen LogP) is 1.99. The minimum Gasteiger partial charge on any atom is -0.312 e. The third kappa shape index (κ3) is 3.66. The van der Waals surface area contributed by atoms with Crippen LogP contribution in [0.2, 0.25) is 0 Å². The van der Waals surface area contributed by atoms with Crippen molar-refractivity contribution >= 4 is 38.4 Å². The molecule has 0 aromatic heterocycles. The summed E-state index contributed by atoms with van der Waals surface area (Å²) in [4.78, 5) is -0.00250. The summed E-state index contributed by atoms with van der Waals surface area (Å²) in [6.07, 6.45) is 0. The first kappa shape index (κ1) is 16.8. The van der Waals surface area contributed by atoms with Gasteiger partial charge in [-0.25, -0.2) is 12.8 Å². The van der Waals surface area contributed by atoms with Gasteiger partial charge in [-0.2, -0.15) is 4.31 Å². The first-order valence-corrected chi connectivity index (χ1v) is 7.83. The van der Waals surface area contributed by atoms with Crippen LogP contribution < -0.4 is 5.32 Å². The molecule has 0 bridgehead atoms. The second kappa shape index (κ2) is 6.49. The molecule has 2 rings (SSSR count). The van der Waals surface area contributed by atoms with Crippen molar-refractivity contribution in [3.63, 3.8) is 0 Å². The van der Waals surface area contributed by atoms with Gasteiger partial charge >= 0.3 is 0 Å². The van der Waals surface area contributed by atoms with Crippen LogP contribution in [0.25, 0.3) is 0 Å². The van der Waals surface area contributed by atoms with Gasteiger partial charge in [-0.15, -0.1) is 12.4 Å². The van der Waals surface area contributed by atoms with Crippen LogP contribution in [-0.2, 0) is 10.0 Å². The number of nitrogens with one attached hydrogen (secondary N) is 1. The molecule has 0 spiro atoms. The molecule has 1 unspecified atom stereocenters. The number of hydrogen-bond acceptors (Lipinski definition) is 3. The Labute approximate surface area is 127 Å². The van der Waals surface area contributed by atoms with E-state index in [1.165, 1.54) is 16.4 Å². The molecule has 0 amide bonds. The van der Waals surface area contributed by atoms with Crippen molar-refractivity contribution in [2.24, 2.45) is 0 Å². The lowest BCUT2D eigenvalue weighted by atomic mass is 10.3. The molecule has 1 aliphatic rings. The molecule has 1 saturated heterocycles. The molecule has 1 fully saturated rings. The Morgan fingerprint density at radius 2 is 2.16 bits per heavy atom. The van der Waals surface area contributed by atoms with Gasteiger partial charge in [-0.05, 0) is 41.1 Å². The summed E-state index contributed by atoms with van der Waals surface area (Å²) in [5.74, 6) is -0.570. The Morgan fingerprint density at radius 1 is 1.47 bits per heavy atom. The fraction of sp³-hybridized carbons (Fsp3) is 0.455. The quantitative estimate of drug-likeness (QED) is 0.862. The molecule has 19 heavy (non-hydrogen) atoms. The molecule has 0 aliphatic carbocycles. The van der Waals surface area contributed by atoms with Crippen LogP contribution >= 0.6 is 28.3 Å². The number of piperazine rings is 1. The first-order chi connectivity index (χ1) is 8.41. The highest BCUT2D eigenvalue weighted by molar-refractivity contribution is 9.10. The van der Waals surface area contributed by atoms with Crippen LogP contribution in [0.3, 0.4) is 0 Å². The van der Waals surface area contributed by atoms with E-state index in [0.29, 0.717) is 19.6 Å². The molecule has 1 atom stereocenters. The van der Waals surface area contributed by atoms with Gasteiger partial charge in [-0.1, -0.05) is 0 Å². The van der Waals surface area contributed by atoms with Gasteiger partial charge in [-0.3, -0.25) is 0 Å². The first-order valence-electron chi connectivity index (χ1n) is 5.60. The molecule has 108 valence electrons. The van der Waals surface area contributed by atoms with Gasteiger partial charge in [0.1, 0.15) is 5.82 Å². The summed E-state index contributed by atoms with van der Waals surface area (Å²) in [6, 6.07) is 3.98. The highest BCUT2D eigenvalue weighted by Crippen LogP contribution is 2.22. The normalized spacial score (nSPS) is 20.9. The predicted molar refractivity (Wildman–Crippen MR) is 77.6 cm³/mol. The summed E-state index contributed by atoms with van der Waals surface area (Å²) in [5.41, 5.74) is 0. The molecule has 1 N–H and O–H groups in total. The van der Waals surface area contributed by atoms with Gasteiger partial charge in [0.15, 0.2) is 0 Å². The Balaban J connectivity index is 0.00000180. The summed E-state index contributed by atoms with van der Waals surface area (Å²) in [6.45, 7) is 3.34. The molecule has 4 nitrogen and oxygen atoms in total. The highest BCUT2D eigenvalue weighted by Gasteiger charge is 2.28. The third-order valence-corrected chi connectivity index (χ3v) is 5.36. The summed E-state index contributed by atoms with van der Waals surface area (Å²) < 4.78 is 39.7. The number of rotatable bonds is 2. The second-order valence-electron chi connectivity index (χ2n) is 4.29. The maximum absolute atomic E-state index is 13.4. The fourth-order valence-electron chi connectivity index (χ4n) is 1.90. The Bertz CT molecular complexity index is 556. The zero-order valence-electron chi connectivity index (χ0n) is 10.3.